The molecule has 4 nitrogen and oxygen atoms in total. The minimum atomic E-state index is -0.170. The molecular weight excluding hydrogens is 238 g/mol. The van der Waals surface area contributed by atoms with Crippen LogP contribution in [0.5, 0.6) is 0 Å². The third-order valence-corrected chi connectivity index (χ3v) is 3.60. The van der Waals surface area contributed by atoms with Crippen LogP contribution in [-0.4, -0.2) is 24.5 Å². The van der Waals surface area contributed by atoms with Crippen LogP contribution in [-0.2, 0) is 4.79 Å². The SMILES string of the molecule is CC(C)NC(=O)C(C)N1CCC(N)c2ccccc21. The van der Waals surface area contributed by atoms with E-state index in [1.54, 1.807) is 0 Å². The van der Waals surface area contributed by atoms with Gasteiger partial charge in [0.05, 0.1) is 0 Å². The zero-order chi connectivity index (χ0) is 14.0. The van der Waals surface area contributed by atoms with E-state index in [2.05, 4.69) is 16.3 Å². The summed E-state index contributed by atoms with van der Waals surface area (Å²) in [5, 5.41) is 2.97. The lowest BCUT2D eigenvalue weighted by Crippen LogP contribution is -2.49. The maximum absolute atomic E-state index is 12.2. The van der Waals surface area contributed by atoms with E-state index in [1.165, 1.54) is 0 Å². The lowest BCUT2D eigenvalue weighted by atomic mass is 9.96. The molecule has 0 spiro atoms. The van der Waals surface area contributed by atoms with Crippen molar-refractivity contribution in [2.45, 2.75) is 45.3 Å². The van der Waals surface area contributed by atoms with Crippen LogP contribution in [0.2, 0.25) is 0 Å². The molecule has 1 aromatic carbocycles. The highest BCUT2D eigenvalue weighted by Gasteiger charge is 2.28. The molecule has 4 heteroatoms. The molecule has 0 aliphatic carbocycles. The molecule has 0 saturated heterocycles. The largest absolute Gasteiger partial charge is 0.359 e. The predicted molar refractivity (Wildman–Crippen MR) is 78.1 cm³/mol. The van der Waals surface area contributed by atoms with E-state index in [0.29, 0.717) is 0 Å². The summed E-state index contributed by atoms with van der Waals surface area (Å²) >= 11 is 0. The number of hydrogen-bond acceptors (Lipinski definition) is 3. The fraction of sp³-hybridized carbons (Fsp3) is 0.533. The van der Waals surface area contributed by atoms with E-state index in [4.69, 9.17) is 5.73 Å². The first-order valence-electron chi connectivity index (χ1n) is 6.92. The maximum Gasteiger partial charge on any atom is 0.242 e. The molecular formula is C15H23N3O. The first-order valence-corrected chi connectivity index (χ1v) is 6.92. The van der Waals surface area contributed by atoms with Crippen LogP contribution >= 0.6 is 0 Å². The number of carbonyl (C=O) groups is 1. The second kappa shape index (κ2) is 5.61. The summed E-state index contributed by atoms with van der Waals surface area (Å²) in [5.74, 6) is 0.0697. The minimum absolute atomic E-state index is 0.0697. The zero-order valence-electron chi connectivity index (χ0n) is 11.9. The van der Waals surface area contributed by atoms with Crippen LogP contribution in [0.15, 0.2) is 24.3 Å². The monoisotopic (exact) mass is 261 g/mol. The van der Waals surface area contributed by atoms with Gasteiger partial charge < -0.3 is 16.0 Å². The molecule has 1 aliphatic heterocycles. The van der Waals surface area contributed by atoms with Crippen molar-refractivity contribution in [3.05, 3.63) is 29.8 Å². The van der Waals surface area contributed by atoms with Gasteiger partial charge in [0.1, 0.15) is 6.04 Å². The lowest BCUT2D eigenvalue weighted by molar-refractivity contribution is -0.122. The average molecular weight is 261 g/mol. The number of para-hydroxylation sites is 1. The van der Waals surface area contributed by atoms with Gasteiger partial charge >= 0.3 is 0 Å². The van der Waals surface area contributed by atoms with Crippen molar-refractivity contribution in [3.63, 3.8) is 0 Å². The summed E-state index contributed by atoms with van der Waals surface area (Å²) in [6, 6.07) is 8.17. The van der Waals surface area contributed by atoms with Gasteiger partial charge in [-0.2, -0.15) is 0 Å². The van der Waals surface area contributed by atoms with E-state index in [1.807, 2.05) is 39.0 Å². The van der Waals surface area contributed by atoms with Crippen LogP contribution in [0, 0.1) is 0 Å². The number of fused-ring (bicyclic) bond motifs is 1. The number of carbonyl (C=O) groups excluding carboxylic acids is 1. The molecule has 0 bridgehead atoms. The normalized spacial score (nSPS) is 20.1. The Kier molecular flexibility index (Phi) is 4.10. The van der Waals surface area contributed by atoms with Gasteiger partial charge in [0, 0.05) is 24.3 Å². The number of nitrogens with two attached hydrogens (primary N) is 1. The van der Waals surface area contributed by atoms with Gasteiger partial charge in [-0.15, -0.1) is 0 Å². The first kappa shape index (κ1) is 13.9. The van der Waals surface area contributed by atoms with Gasteiger partial charge in [-0.3, -0.25) is 4.79 Å². The fourth-order valence-electron chi connectivity index (χ4n) is 2.57. The lowest BCUT2D eigenvalue weighted by Gasteiger charge is -2.38. The molecule has 2 rings (SSSR count). The number of nitrogens with one attached hydrogen (secondary N) is 1. The Hall–Kier alpha value is -1.55. The molecule has 0 saturated carbocycles. The summed E-state index contributed by atoms with van der Waals surface area (Å²) in [6.07, 6.45) is 0.885. The van der Waals surface area contributed by atoms with Gasteiger partial charge in [-0.1, -0.05) is 18.2 Å². The van der Waals surface area contributed by atoms with Gasteiger partial charge in [0.2, 0.25) is 5.91 Å². The number of anilines is 1. The summed E-state index contributed by atoms with van der Waals surface area (Å²) in [4.78, 5) is 14.3. The number of amides is 1. The Bertz CT molecular complexity index is 458. The zero-order valence-corrected chi connectivity index (χ0v) is 11.9. The van der Waals surface area contributed by atoms with Crippen LogP contribution in [0.3, 0.4) is 0 Å². The summed E-state index contributed by atoms with van der Waals surface area (Å²) < 4.78 is 0. The molecule has 0 fully saturated rings. The molecule has 2 unspecified atom stereocenters. The molecule has 1 aromatic rings. The highest BCUT2D eigenvalue weighted by atomic mass is 16.2. The highest BCUT2D eigenvalue weighted by molar-refractivity contribution is 5.85. The molecule has 104 valence electrons. The van der Waals surface area contributed by atoms with Crippen molar-refractivity contribution in [2.75, 3.05) is 11.4 Å². The van der Waals surface area contributed by atoms with Crippen molar-refractivity contribution >= 4 is 11.6 Å². The molecule has 0 aromatic heterocycles. The molecule has 1 amide bonds. The number of benzene rings is 1. The number of rotatable bonds is 3. The first-order chi connectivity index (χ1) is 9.00. The summed E-state index contributed by atoms with van der Waals surface area (Å²) in [6.45, 7) is 6.73. The Morgan fingerprint density at radius 1 is 1.37 bits per heavy atom. The molecule has 1 aliphatic rings. The molecule has 0 radical (unpaired) electrons. The highest BCUT2D eigenvalue weighted by Crippen LogP contribution is 2.33. The Morgan fingerprint density at radius 2 is 2.05 bits per heavy atom. The standard InChI is InChI=1S/C15H23N3O/c1-10(2)17-15(19)11(3)18-9-8-13(16)12-6-4-5-7-14(12)18/h4-7,10-11,13H,8-9,16H2,1-3H3,(H,17,19). The number of nitrogens with zero attached hydrogens (tertiary/aromatic N) is 1. The van der Waals surface area contributed by atoms with Crippen LogP contribution in [0.25, 0.3) is 0 Å². The minimum Gasteiger partial charge on any atom is -0.359 e. The van der Waals surface area contributed by atoms with Crippen molar-refractivity contribution in [1.29, 1.82) is 0 Å². The van der Waals surface area contributed by atoms with Gasteiger partial charge in [0.15, 0.2) is 0 Å². The predicted octanol–water partition coefficient (Wildman–Crippen LogP) is 1.81. The van der Waals surface area contributed by atoms with Crippen molar-refractivity contribution < 1.29 is 4.79 Å². The Balaban J connectivity index is 2.22. The topological polar surface area (TPSA) is 58.4 Å². The third kappa shape index (κ3) is 2.89. The maximum atomic E-state index is 12.2. The molecule has 3 N–H and O–H groups in total. The van der Waals surface area contributed by atoms with Gasteiger partial charge in [0.25, 0.3) is 0 Å². The van der Waals surface area contributed by atoms with E-state index < -0.39 is 0 Å². The number of hydrogen-bond donors (Lipinski definition) is 2. The smallest absolute Gasteiger partial charge is 0.242 e. The molecule has 1 heterocycles. The van der Waals surface area contributed by atoms with Gasteiger partial charge in [-0.25, -0.2) is 0 Å². The Labute approximate surface area is 115 Å². The van der Waals surface area contributed by atoms with Crippen molar-refractivity contribution in [2.24, 2.45) is 5.73 Å². The van der Waals surface area contributed by atoms with Crippen molar-refractivity contribution in [3.8, 4) is 0 Å². The quantitative estimate of drug-likeness (QED) is 0.872. The Morgan fingerprint density at radius 3 is 2.74 bits per heavy atom. The average Bonchev–Trinajstić information content (AvgIpc) is 2.38. The van der Waals surface area contributed by atoms with E-state index in [9.17, 15) is 4.79 Å². The summed E-state index contributed by atoms with van der Waals surface area (Å²) in [7, 11) is 0. The van der Waals surface area contributed by atoms with Crippen LogP contribution < -0.4 is 16.0 Å². The van der Waals surface area contributed by atoms with Crippen LogP contribution in [0.4, 0.5) is 5.69 Å². The van der Waals surface area contributed by atoms with Crippen LogP contribution in [0.1, 0.15) is 38.8 Å². The molecule has 19 heavy (non-hydrogen) atoms. The summed E-state index contributed by atoms with van der Waals surface area (Å²) in [5.41, 5.74) is 8.37. The van der Waals surface area contributed by atoms with E-state index in [0.717, 1.165) is 24.2 Å². The third-order valence-electron chi connectivity index (χ3n) is 3.60. The molecule has 2 atom stereocenters. The fourth-order valence-corrected chi connectivity index (χ4v) is 2.57. The second-order valence-electron chi connectivity index (χ2n) is 5.49. The van der Waals surface area contributed by atoms with E-state index in [-0.39, 0.29) is 24.0 Å². The van der Waals surface area contributed by atoms with Gasteiger partial charge in [-0.05, 0) is 38.8 Å². The second-order valence-corrected chi connectivity index (χ2v) is 5.49. The van der Waals surface area contributed by atoms with Crippen molar-refractivity contribution in [1.82, 2.24) is 5.32 Å². The van der Waals surface area contributed by atoms with E-state index >= 15 is 0 Å².